The highest BCUT2D eigenvalue weighted by atomic mass is 16.3. The smallest absolute Gasteiger partial charge is 0.0610 e. The second kappa shape index (κ2) is 4.56. The first-order valence-corrected chi connectivity index (χ1v) is 6.03. The van der Waals surface area contributed by atoms with E-state index in [1.54, 1.807) is 0 Å². The summed E-state index contributed by atoms with van der Waals surface area (Å²) in [6.07, 6.45) is 2.19. The maximum atomic E-state index is 9.30. The molecule has 1 saturated heterocycles. The lowest BCUT2D eigenvalue weighted by molar-refractivity contribution is 0.189. The monoisotopic (exact) mass is 219 g/mol. The first kappa shape index (κ1) is 11.6. The van der Waals surface area contributed by atoms with E-state index in [-0.39, 0.29) is 12.1 Å². The summed E-state index contributed by atoms with van der Waals surface area (Å²) in [7, 11) is 0. The number of benzene rings is 1. The van der Waals surface area contributed by atoms with E-state index in [9.17, 15) is 5.11 Å². The quantitative estimate of drug-likeness (QED) is 0.814. The summed E-state index contributed by atoms with van der Waals surface area (Å²) in [5.74, 6) is 0.651. The van der Waals surface area contributed by atoms with Gasteiger partial charge in [-0.3, -0.25) is 0 Å². The molecular weight excluding hydrogens is 198 g/mol. The zero-order chi connectivity index (χ0) is 11.6. The van der Waals surface area contributed by atoms with Gasteiger partial charge in [-0.2, -0.15) is 0 Å². The van der Waals surface area contributed by atoms with Crippen LogP contribution in [0.5, 0.6) is 0 Å². The van der Waals surface area contributed by atoms with E-state index in [0.29, 0.717) is 5.92 Å². The lowest BCUT2D eigenvalue weighted by Gasteiger charge is -2.21. The summed E-state index contributed by atoms with van der Waals surface area (Å²) in [5.41, 5.74) is 2.75. The molecule has 1 aliphatic heterocycles. The van der Waals surface area contributed by atoms with Gasteiger partial charge in [0.25, 0.3) is 0 Å². The van der Waals surface area contributed by atoms with E-state index in [4.69, 9.17) is 0 Å². The van der Waals surface area contributed by atoms with E-state index < -0.39 is 0 Å². The molecule has 0 bridgehead atoms. The first-order chi connectivity index (χ1) is 7.63. The molecule has 1 aliphatic rings. The Morgan fingerprint density at radius 2 is 2.19 bits per heavy atom. The SMILES string of the molecule is Cc1ccccc1CC1CNC(C)(CO)C1. The van der Waals surface area contributed by atoms with Gasteiger partial charge < -0.3 is 10.4 Å². The molecule has 88 valence electrons. The van der Waals surface area contributed by atoms with Crippen LogP contribution in [0.4, 0.5) is 0 Å². The zero-order valence-electron chi connectivity index (χ0n) is 10.2. The molecule has 16 heavy (non-hydrogen) atoms. The van der Waals surface area contributed by atoms with Crippen LogP contribution < -0.4 is 5.32 Å². The van der Waals surface area contributed by atoms with E-state index >= 15 is 0 Å². The van der Waals surface area contributed by atoms with Gasteiger partial charge in [0.1, 0.15) is 0 Å². The third-order valence-corrected chi connectivity index (χ3v) is 3.68. The van der Waals surface area contributed by atoms with Gasteiger partial charge in [-0.1, -0.05) is 24.3 Å². The molecule has 2 heteroatoms. The summed E-state index contributed by atoms with van der Waals surface area (Å²) in [6.45, 7) is 5.52. The largest absolute Gasteiger partial charge is 0.394 e. The first-order valence-electron chi connectivity index (χ1n) is 6.03. The highest BCUT2D eigenvalue weighted by Crippen LogP contribution is 2.27. The van der Waals surface area contributed by atoms with E-state index in [1.807, 2.05) is 0 Å². The van der Waals surface area contributed by atoms with Gasteiger partial charge in [0.05, 0.1) is 6.61 Å². The molecule has 2 N–H and O–H groups in total. The molecule has 1 heterocycles. The van der Waals surface area contributed by atoms with Crippen LogP contribution in [0.1, 0.15) is 24.5 Å². The van der Waals surface area contributed by atoms with Crippen molar-refractivity contribution in [3.05, 3.63) is 35.4 Å². The molecule has 0 saturated carbocycles. The molecule has 0 spiro atoms. The predicted molar refractivity (Wildman–Crippen MR) is 66.5 cm³/mol. The fraction of sp³-hybridized carbons (Fsp3) is 0.571. The van der Waals surface area contributed by atoms with Gasteiger partial charge in [-0.25, -0.2) is 0 Å². The van der Waals surface area contributed by atoms with E-state index in [1.165, 1.54) is 11.1 Å². The number of hydrogen-bond donors (Lipinski definition) is 2. The Hall–Kier alpha value is -0.860. The number of aliphatic hydroxyl groups excluding tert-OH is 1. The molecular formula is C14H21NO. The standard InChI is InChI=1S/C14H21NO/c1-11-5-3-4-6-13(11)7-12-8-14(2,10-16)15-9-12/h3-6,12,15-16H,7-10H2,1-2H3. The Morgan fingerprint density at radius 3 is 2.81 bits per heavy atom. The molecule has 1 aromatic rings. The minimum absolute atomic E-state index is 0.0622. The minimum atomic E-state index is -0.0622. The normalized spacial score (nSPS) is 29.6. The molecule has 2 rings (SSSR count). The maximum absolute atomic E-state index is 9.30. The van der Waals surface area contributed by atoms with Crippen LogP contribution >= 0.6 is 0 Å². The van der Waals surface area contributed by atoms with Gasteiger partial charge in [0.15, 0.2) is 0 Å². The van der Waals surface area contributed by atoms with Crippen molar-refractivity contribution in [2.45, 2.75) is 32.2 Å². The summed E-state index contributed by atoms with van der Waals surface area (Å²) in [6, 6.07) is 8.58. The average molecular weight is 219 g/mol. The highest BCUT2D eigenvalue weighted by Gasteiger charge is 2.33. The number of hydrogen-bond acceptors (Lipinski definition) is 2. The van der Waals surface area contributed by atoms with Crippen LogP contribution in [0.25, 0.3) is 0 Å². The lowest BCUT2D eigenvalue weighted by atomic mass is 9.90. The molecule has 0 aliphatic carbocycles. The third-order valence-electron chi connectivity index (χ3n) is 3.68. The van der Waals surface area contributed by atoms with Crippen molar-refractivity contribution in [3.63, 3.8) is 0 Å². The second-order valence-corrected chi connectivity index (χ2v) is 5.30. The zero-order valence-corrected chi connectivity index (χ0v) is 10.2. The van der Waals surface area contributed by atoms with Crippen molar-refractivity contribution in [1.29, 1.82) is 0 Å². The lowest BCUT2D eigenvalue weighted by Crippen LogP contribution is -2.39. The molecule has 2 atom stereocenters. The number of aliphatic hydroxyl groups is 1. The number of nitrogens with one attached hydrogen (secondary N) is 1. The second-order valence-electron chi connectivity index (χ2n) is 5.30. The van der Waals surface area contributed by atoms with Crippen LogP contribution in [-0.4, -0.2) is 23.8 Å². The number of aryl methyl sites for hydroxylation is 1. The molecule has 0 radical (unpaired) electrons. The van der Waals surface area contributed by atoms with Crippen LogP contribution in [0.2, 0.25) is 0 Å². The van der Waals surface area contributed by atoms with Crippen molar-refractivity contribution in [2.24, 2.45) is 5.92 Å². The van der Waals surface area contributed by atoms with Gasteiger partial charge in [-0.05, 0) is 50.3 Å². The topological polar surface area (TPSA) is 32.3 Å². The van der Waals surface area contributed by atoms with E-state index in [2.05, 4.69) is 43.4 Å². The van der Waals surface area contributed by atoms with Gasteiger partial charge in [-0.15, -0.1) is 0 Å². The highest BCUT2D eigenvalue weighted by molar-refractivity contribution is 5.26. The van der Waals surface area contributed by atoms with Crippen LogP contribution in [-0.2, 0) is 6.42 Å². The Labute approximate surface area is 97.7 Å². The number of rotatable bonds is 3. The Kier molecular flexibility index (Phi) is 3.31. The van der Waals surface area contributed by atoms with Crippen molar-refractivity contribution in [1.82, 2.24) is 5.32 Å². The maximum Gasteiger partial charge on any atom is 0.0610 e. The molecule has 2 nitrogen and oxygen atoms in total. The van der Waals surface area contributed by atoms with E-state index in [0.717, 1.165) is 19.4 Å². The molecule has 0 amide bonds. The summed E-state index contributed by atoms with van der Waals surface area (Å²) < 4.78 is 0. The third kappa shape index (κ3) is 2.45. The Balaban J connectivity index is 2.00. The summed E-state index contributed by atoms with van der Waals surface area (Å²) in [5, 5.41) is 12.7. The molecule has 1 fully saturated rings. The van der Waals surface area contributed by atoms with Crippen molar-refractivity contribution >= 4 is 0 Å². The van der Waals surface area contributed by atoms with Gasteiger partial charge >= 0.3 is 0 Å². The van der Waals surface area contributed by atoms with Crippen LogP contribution in [0.15, 0.2) is 24.3 Å². The minimum Gasteiger partial charge on any atom is -0.394 e. The van der Waals surface area contributed by atoms with Crippen molar-refractivity contribution < 1.29 is 5.11 Å². The summed E-state index contributed by atoms with van der Waals surface area (Å²) in [4.78, 5) is 0. The average Bonchev–Trinajstić information content (AvgIpc) is 2.65. The van der Waals surface area contributed by atoms with Gasteiger partial charge in [0, 0.05) is 5.54 Å². The predicted octanol–water partition coefficient (Wildman–Crippen LogP) is 1.90. The molecule has 1 aromatic carbocycles. The summed E-state index contributed by atoms with van der Waals surface area (Å²) >= 11 is 0. The molecule has 2 unspecified atom stereocenters. The van der Waals surface area contributed by atoms with Crippen LogP contribution in [0.3, 0.4) is 0 Å². The van der Waals surface area contributed by atoms with Crippen molar-refractivity contribution in [2.75, 3.05) is 13.2 Å². The van der Waals surface area contributed by atoms with Crippen molar-refractivity contribution in [3.8, 4) is 0 Å². The fourth-order valence-electron chi connectivity index (χ4n) is 2.59. The Morgan fingerprint density at radius 1 is 1.44 bits per heavy atom. The van der Waals surface area contributed by atoms with Gasteiger partial charge in [0.2, 0.25) is 0 Å². The Bertz CT molecular complexity index is 364. The molecule has 0 aromatic heterocycles. The van der Waals surface area contributed by atoms with Crippen LogP contribution in [0, 0.1) is 12.8 Å². The fourth-order valence-corrected chi connectivity index (χ4v) is 2.59.